The minimum absolute atomic E-state index is 0.205. The average Bonchev–Trinajstić information content (AvgIpc) is 2.46. The van der Waals surface area contributed by atoms with Crippen LogP contribution in [-0.2, 0) is 4.74 Å². The Morgan fingerprint density at radius 3 is 2.67 bits per heavy atom. The molecule has 0 atom stereocenters. The van der Waals surface area contributed by atoms with E-state index in [9.17, 15) is 0 Å². The van der Waals surface area contributed by atoms with Gasteiger partial charge in [0.2, 0.25) is 0 Å². The average molecular weight is 292 g/mol. The Morgan fingerprint density at radius 2 is 2.05 bits per heavy atom. The number of hydrogen-bond acceptors (Lipinski definition) is 5. The molecule has 118 valence electrons. The number of anilines is 1. The fourth-order valence-electron chi connectivity index (χ4n) is 2.85. The van der Waals surface area contributed by atoms with E-state index in [4.69, 9.17) is 4.74 Å². The molecule has 1 aromatic rings. The normalized spacial score (nSPS) is 18.0. The molecule has 1 aliphatic heterocycles. The third-order valence-electron chi connectivity index (χ3n) is 4.15. The lowest BCUT2D eigenvalue weighted by atomic mass is 9.79. The van der Waals surface area contributed by atoms with Crippen LogP contribution >= 0.6 is 0 Å². The zero-order valence-corrected chi connectivity index (χ0v) is 13.7. The number of aryl methyl sites for hydroxylation is 1. The molecular weight excluding hydrogens is 264 g/mol. The van der Waals surface area contributed by atoms with Crippen molar-refractivity contribution in [1.82, 2.24) is 15.3 Å². The van der Waals surface area contributed by atoms with Crippen molar-refractivity contribution >= 4 is 5.82 Å². The Bertz CT molecular complexity index is 450. The molecule has 1 saturated heterocycles. The molecule has 0 aliphatic carbocycles. The van der Waals surface area contributed by atoms with Gasteiger partial charge in [-0.15, -0.1) is 0 Å². The minimum atomic E-state index is 0.205. The van der Waals surface area contributed by atoms with E-state index in [0.29, 0.717) is 5.92 Å². The number of rotatable bonds is 6. The second-order valence-corrected chi connectivity index (χ2v) is 6.44. The number of piperidine rings is 1. The summed E-state index contributed by atoms with van der Waals surface area (Å²) in [4.78, 5) is 9.13. The molecule has 0 unspecified atom stereocenters. The topological polar surface area (TPSA) is 59.1 Å². The summed E-state index contributed by atoms with van der Waals surface area (Å²) in [6.45, 7) is 10.1. The van der Waals surface area contributed by atoms with Gasteiger partial charge in [0.25, 0.3) is 0 Å². The second kappa shape index (κ2) is 7.18. The van der Waals surface area contributed by atoms with Gasteiger partial charge in [-0.05, 0) is 32.9 Å². The summed E-state index contributed by atoms with van der Waals surface area (Å²) in [6, 6.07) is 2.02. The van der Waals surface area contributed by atoms with Gasteiger partial charge in [-0.3, -0.25) is 0 Å². The van der Waals surface area contributed by atoms with Gasteiger partial charge < -0.3 is 15.4 Å². The Kier molecular flexibility index (Phi) is 5.53. The second-order valence-electron chi connectivity index (χ2n) is 6.44. The molecule has 0 aromatic carbocycles. The van der Waals surface area contributed by atoms with Crippen LogP contribution in [-0.4, -0.2) is 43.3 Å². The molecule has 1 aromatic heterocycles. The lowest BCUT2D eigenvalue weighted by Crippen LogP contribution is -2.44. The Labute approximate surface area is 127 Å². The smallest absolute Gasteiger partial charge is 0.133 e. The van der Waals surface area contributed by atoms with Gasteiger partial charge in [-0.2, -0.15) is 0 Å². The number of ether oxygens (including phenoxy) is 1. The third kappa shape index (κ3) is 4.38. The lowest BCUT2D eigenvalue weighted by molar-refractivity contribution is 0.0635. The standard InChI is InChI=1S/C16H28N4O/c1-12(2)15-19-13(3)9-14(20-15)18-10-16(11-21-4)5-7-17-8-6-16/h9,12,17H,5-8,10-11H2,1-4H3,(H,18,19,20). The Hall–Kier alpha value is -1.20. The van der Waals surface area contributed by atoms with Crippen molar-refractivity contribution in [3.63, 3.8) is 0 Å². The predicted octanol–water partition coefficient (Wildman–Crippen LogP) is 2.34. The van der Waals surface area contributed by atoms with Crippen molar-refractivity contribution in [3.8, 4) is 0 Å². The van der Waals surface area contributed by atoms with Gasteiger partial charge >= 0.3 is 0 Å². The quantitative estimate of drug-likeness (QED) is 0.843. The van der Waals surface area contributed by atoms with Gasteiger partial charge in [0.1, 0.15) is 11.6 Å². The van der Waals surface area contributed by atoms with Crippen molar-refractivity contribution < 1.29 is 4.74 Å². The molecule has 2 rings (SSSR count). The van der Waals surface area contributed by atoms with E-state index < -0.39 is 0 Å². The highest BCUT2D eigenvalue weighted by molar-refractivity contribution is 5.36. The summed E-state index contributed by atoms with van der Waals surface area (Å²) in [5, 5.41) is 6.94. The van der Waals surface area contributed by atoms with E-state index in [-0.39, 0.29) is 5.41 Å². The minimum Gasteiger partial charge on any atom is -0.384 e. The van der Waals surface area contributed by atoms with Gasteiger partial charge in [0.15, 0.2) is 0 Å². The van der Waals surface area contributed by atoms with Crippen LogP contribution < -0.4 is 10.6 Å². The van der Waals surface area contributed by atoms with Crippen LogP contribution in [0.5, 0.6) is 0 Å². The summed E-state index contributed by atoms with van der Waals surface area (Å²) in [5.74, 6) is 2.18. The number of nitrogens with one attached hydrogen (secondary N) is 2. The Balaban J connectivity index is 2.06. The summed E-state index contributed by atoms with van der Waals surface area (Å²) in [5.41, 5.74) is 1.22. The third-order valence-corrected chi connectivity index (χ3v) is 4.15. The first-order chi connectivity index (χ1) is 10.0. The molecule has 2 heterocycles. The summed E-state index contributed by atoms with van der Waals surface area (Å²) < 4.78 is 5.46. The molecule has 0 bridgehead atoms. The number of aromatic nitrogens is 2. The first-order valence-electron chi connectivity index (χ1n) is 7.84. The van der Waals surface area contributed by atoms with Crippen molar-refractivity contribution in [1.29, 1.82) is 0 Å². The first-order valence-corrected chi connectivity index (χ1v) is 7.84. The highest BCUT2D eigenvalue weighted by atomic mass is 16.5. The maximum Gasteiger partial charge on any atom is 0.133 e. The van der Waals surface area contributed by atoms with Crippen LogP contribution in [0.4, 0.5) is 5.82 Å². The molecule has 0 radical (unpaired) electrons. The van der Waals surface area contributed by atoms with Crippen molar-refractivity contribution in [2.75, 3.05) is 38.7 Å². The van der Waals surface area contributed by atoms with Gasteiger partial charge in [0.05, 0.1) is 6.61 Å². The number of hydrogen-bond donors (Lipinski definition) is 2. The molecule has 5 nitrogen and oxygen atoms in total. The number of nitrogens with zero attached hydrogens (tertiary/aromatic N) is 2. The molecule has 21 heavy (non-hydrogen) atoms. The Morgan fingerprint density at radius 1 is 1.33 bits per heavy atom. The predicted molar refractivity (Wildman–Crippen MR) is 85.8 cm³/mol. The van der Waals surface area contributed by atoms with E-state index in [1.54, 1.807) is 7.11 Å². The van der Waals surface area contributed by atoms with Gasteiger partial charge in [0, 0.05) is 36.7 Å². The van der Waals surface area contributed by atoms with Crippen molar-refractivity contribution in [3.05, 3.63) is 17.6 Å². The van der Waals surface area contributed by atoms with E-state index in [1.807, 2.05) is 13.0 Å². The highest BCUT2D eigenvalue weighted by Gasteiger charge is 2.32. The van der Waals surface area contributed by atoms with Crippen LogP contribution in [0.25, 0.3) is 0 Å². The van der Waals surface area contributed by atoms with Crippen molar-refractivity contribution in [2.45, 2.75) is 39.5 Å². The highest BCUT2D eigenvalue weighted by Crippen LogP contribution is 2.29. The van der Waals surface area contributed by atoms with E-state index in [1.165, 1.54) is 0 Å². The molecular formula is C16H28N4O. The number of methoxy groups -OCH3 is 1. The fraction of sp³-hybridized carbons (Fsp3) is 0.750. The van der Waals surface area contributed by atoms with Crippen molar-refractivity contribution in [2.24, 2.45) is 5.41 Å². The summed E-state index contributed by atoms with van der Waals surface area (Å²) in [6.07, 6.45) is 2.27. The molecule has 0 spiro atoms. The SMILES string of the molecule is COCC1(CNc2cc(C)nc(C(C)C)n2)CCNCC1. The molecule has 1 aliphatic rings. The lowest BCUT2D eigenvalue weighted by Gasteiger charge is -2.37. The maximum absolute atomic E-state index is 5.46. The first kappa shape index (κ1) is 16.2. The zero-order chi connectivity index (χ0) is 15.3. The van der Waals surface area contributed by atoms with Gasteiger partial charge in [-0.25, -0.2) is 9.97 Å². The van der Waals surface area contributed by atoms with Crippen LogP contribution in [0.2, 0.25) is 0 Å². The van der Waals surface area contributed by atoms with E-state index in [2.05, 4.69) is 34.4 Å². The molecule has 5 heteroatoms. The summed E-state index contributed by atoms with van der Waals surface area (Å²) in [7, 11) is 1.79. The molecule has 0 amide bonds. The molecule has 2 N–H and O–H groups in total. The summed E-state index contributed by atoms with van der Waals surface area (Å²) >= 11 is 0. The largest absolute Gasteiger partial charge is 0.384 e. The van der Waals surface area contributed by atoms with E-state index >= 15 is 0 Å². The van der Waals surface area contributed by atoms with Crippen LogP contribution in [0, 0.1) is 12.3 Å². The van der Waals surface area contributed by atoms with E-state index in [0.717, 1.165) is 56.4 Å². The molecule has 1 fully saturated rings. The van der Waals surface area contributed by atoms with Crippen LogP contribution in [0.1, 0.15) is 44.1 Å². The molecule has 0 saturated carbocycles. The zero-order valence-electron chi connectivity index (χ0n) is 13.7. The monoisotopic (exact) mass is 292 g/mol. The van der Waals surface area contributed by atoms with Crippen LogP contribution in [0.3, 0.4) is 0 Å². The van der Waals surface area contributed by atoms with Crippen LogP contribution in [0.15, 0.2) is 6.07 Å². The maximum atomic E-state index is 5.46. The fourth-order valence-corrected chi connectivity index (χ4v) is 2.85. The van der Waals surface area contributed by atoms with Gasteiger partial charge in [-0.1, -0.05) is 13.8 Å².